The minimum atomic E-state index is -0.121. The molecule has 2 aromatic heterocycles. The first kappa shape index (κ1) is 23.1. The summed E-state index contributed by atoms with van der Waals surface area (Å²) in [6, 6.07) is 29.5. The first-order chi connectivity index (χ1) is 19.2. The molecule has 1 aliphatic rings. The Morgan fingerprint density at radius 2 is 1.67 bits per heavy atom. The Bertz CT molecular complexity index is 1840. The first-order valence-corrected chi connectivity index (χ1v) is 12.9. The van der Waals surface area contributed by atoms with Gasteiger partial charge in [0, 0.05) is 45.9 Å². The summed E-state index contributed by atoms with van der Waals surface area (Å²) >= 11 is 0. The van der Waals surface area contributed by atoms with E-state index in [1.165, 1.54) is 11.1 Å². The van der Waals surface area contributed by atoms with Gasteiger partial charge in [0.05, 0.1) is 5.69 Å². The number of carbonyl (C=O) groups is 1. The van der Waals surface area contributed by atoms with Gasteiger partial charge in [0.25, 0.3) is 5.91 Å². The van der Waals surface area contributed by atoms with Crippen LogP contribution in [0.3, 0.4) is 0 Å². The zero-order valence-corrected chi connectivity index (χ0v) is 21.1. The van der Waals surface area contributed by atoms with E-state index in [1.54, 1.807) is 6.33 Å². The lowest BCUT2D eigenvalue weighted by Gasteiger charge is -2.17. The van der Waals surface area contributed by atoms with Crippen LogP contribution >= 0.6 is 0 Å². The number of carbonyl (C=O) groups excluding carboxylic acids is 1. The number of nitrogens with one attached hydrogen (secondary N) is 3. The summed E-state index contributed by atoms with van der Waals surface area (Å²) in [5.74, 6) is 0.539. The van der Waals surface area contributed by atoms with Crippen molar-refractivity contribution in [1.29, 1.82) is 0 Å². The van der Waals surface area contributed by atoms with Crippen molar-refractivity contribution in [3.05, 3.63) is 114 Å². The number of furan rings is 1. The fourth-order valence-electron chi connectivity index (χ4n) is 5.13. The molecule has 4 aromatic carbocycles. The molecule has 0 saturated carbocycles. The molecule has 0 saturated heterocycles. The van der Waals surface area contributed by atoms with Gasteiger partial charge < -0.3 is 20.4 Å². The van der Waals surface area contributed by atoms with E-state index >= 15 is 0 Å². The first-order valence-electron chi connectivity index (χ1n) is 12.9. The summed E-state index contributed by atoms with van der Waals surface area (Å²) in [5, 5.41) is 11.8. The quantitative estimate of drug-likeness (QED) is 0.239. The van der Waals surface area contributed by atoms with E-state index in [0.29, 0.717) is 11.4 Å². The van der Waals surface area contributed by atoms with E-state index < -0.39 is 0 Å². The van der Waals surface area contributed by atoms with Crippen molar-refractivity contribution in [3.63, 3.8) is 0 Å². The monoisotopic (exact) mass is 511 g/mol. The SMILES string of the molecule is O=C(Nc1ccc(Nc2cc(-c3cccc4c3oc3ccccc34)ncn2)cc1)c1ccc2c(c1)CNCC2. The molecular weight excluding hydrogens is 486 g/mol. The van der Waals surface area contributed by atoms with Crippen molar-refractivity contribution in [2.75, 3.05) is 17.2 Å². The van der Waals surface area contributed by atoms with Crippen molar-refractivity contribution in [2.45, 2.75) is 13.0 Å². The standard InChI is InChI=1S/C32H25N5O2/c38-32(21-9-8-20-14-15-33-18-22(20)16-21)37-24-12-10-23(11-13-24)36-30-17-28(34-19-35-30)27-6-3-5-26-25-4-1-2-7-29(25)39-31(26)27/h1-13,16-17,19,33H,14-15,18H2,(H,37,38)(H,34,35,36). The van der Waals surface area contributed by atoms with Crippen LogP contribution < -0.4 is 16.0 Å². The Labute approximate surface area is 224 Å². The highest BCUT2D eigenvalue weighted by Crippen LogP contribution is 2.35. The molecule has 3 N–H and O–H groups in total. The van der Waals surface area contributed by atoms with Gasteiger partial charge in [-0.15, -0.1) is 0 Å². The third-order valence-electron chi connectivity index (χ3n) is 7.12. The highest BCUT2D eigenvalue weighted by molar-refractivity contribution is 6.09. The van der Waals surface area contributed by atoms with E-state index in [9.17, 15) is 4.79 Å². The predicted octanol–water partition coefficient (Wildman–Crippen LogP) is 6.68. The summed E-state index contributed by atoms with van der Waals surface area (Å²) in [7, 11) is 0. The molecule has 1 aliphatic heterocycles. The summed E-state index contributed by atoms with van der Waals surface area (Å²) in [6.07, 6.45) is 2.54. The zero-order chi connectivity index (χ0) is 26.2. The smallest absolute Gasteiger partial charge is 0.255 e. The lowest BCUT2D eigenvalue weighted by molar-refractivity contribution is 0.102. The second kappa shape index (κ2) is 9.70. The van der Waals surface area contributed by atoms with Gasteiger partial charge in [-0.2, -0.15) is 0 Å². The number of anilines is 3. The number of aromatic nitrogens is 2. The van der Waals surface area contributed by atoms with Crippen LogP contribution in [0.5, 0.6) is 0 Å². The van der Waals surface area contributed by atoms with Crippen LogP contribution in [0.15, 0.2) is 102 Å². The minimum absolute atomic E-state index is 0.121. The highest BCUT2D eigenvalue weighted by atomic mass is 16.3. The lowest BCUT2D eigenvalue weighted by atomic mass is 9.98. The van der Waals surface area contributed by atoms with Gasteiger partial charge in [-0.05, 0) is 72.6 Å². The molecule has 7 nitrogen and oxygen atoms in total. The average molecular weight is 512 g/mol. The minimum Gasteiger partial charge on any atom is -0.455 e. The Hall–Kier alpha value is -5.01. The Morgan fingerprint density at radius 1 is 0.821 bits per heavy atom. The second-order valence-corrected chi connectivity index (χ2v) is 9.64. The summed E-state index contributed by atoms with van der Waals surface area (Å²) in [5.41, 5.74) is 8.05. The molecule has 7 heteroatoms. The fourth-order valence-corrected chi connectivity index (χ4v) is 5.13. The molecule has 1 amide bonds. The van der Waals surface area contributed by atoms with E-state index in [2.05, 4.69) is 44.1 Å². The summed E-state index contributed by atoms with van der Waals surface area (Å²) in [4.78, 5) is 21.7. The topological polar surface area (TPSA) is 92.1 Å². The maximum atomic E-state index is 12.8. The van der Waals surface area contributed by atoms with Gasteiger partial charge in [0.15, 0.2) is 0 Å². The molecule has 0 radical (unpaired) electrons. The van der Waals surface area contributed by atoms with E-state index in [4.69, 9.17) is 4.42 Å². The Kier molecular flexibility index (Phi) is 5.75. The molecule has 6 aromatic rings. The third-order valence-corrected chi connectivity index (χ3v) is 7.12. The Morgan fingerprint density at radius 3 is 2.59 bits per heavy atom. The van der Waals surface area contributed by atoms with Crippen LogP contribution in [0.2, 0.25) is 0 Å². The van der Waals surface area contributed by atoms with E-state index in [1.807, 2.05) is 72.8 Å². The molecule has 39 heavy (non-hydrogen) atoms. The van der Waals surface area contributed by atoms with Gasteiger partial charge in [-0.1, -0.05) is 36.4 Å². The summed E-state index contributed by atoms with van der Waals surface area (Å²) < 4.78 is 6.18. The van der Waals surface area contributed by atoms with Gasteiger partial charge in [-0.3, -0.25) is 4.79 Å². The molecule has 0 unspecified atom stereocenters. The van der Waals surface area contributed by atoms with Crippen molar-refractivity contribution < 1.29 is 9.21 Å². The van der Waals surface area contributed by atoms with Gasteiger partial charge in [0.2, 0.25) is 0 Å². The number of hydrogen-bond donors (Lipinski definition) is 3. The van der Waals surface area contributed by atoms with Gasteiger partial charge in [-0.25, -0.2) is 9.97 Å². The second-order valence-electron chi connectivity index (χ2n) is 9.64. The molecule has 0 fully saturated rings. The number of nitrogens with zero attached hydrogens (tertiary/aromatic N) is 2. The largest absolute Gasteiger partial charge is 0.455 e. The molecule has 0 spiro atoms. The normalized spacial score (nSPS) is 12.8. The fraction of sp³-hybridized carbons (Fsp3) is 0.0938. The molecule has 0 aliphatic carbocycles. The lowest BCUT2D eigenvalue weighted by Crippen LogP contribution is -2.24. The maximum absolute atomic E-state index is 12.8. The summed E-state index contributed by atoms with van der Waals surface area (Å²) in [6.45, 7) is 1.78. The third kappa shape index (κ3) is 4.49. The molecular formula is C32H25N5O2. The number of rotatable bonds is 5. The number of fused-ring (bicyclic) bond motifs is 4. The highest BCUT2D eigenvalue weighted by Gasteiger charge is 2.14. The molecule has 7 rings (SSSR count). The Balaban J connectivity index is 1.08. The number of amides is 1. The van der Waals surface area contributed by atoms with E-state index in [0.717, 1.165) is 64.1 Å². The maximum Gasteiger partial charge on any atom is 0.255 e. The van der Waals surface area contributed by atoms with Gasteiger partial charge >= 0.3 is 0 Å². The van der Waals surface area contributed by atoms with Crippen LogP contribution in [-0.4, -0.2) is 22.4 Å². The number of para-hydroxylation sites is 2. The van der Waals surface area contributed by atoms with Crippen molar-refractivity contribution >= 4 is 45.0 Å². The predicted molar refractivity (Wildman–Crippen MR) is 154 cm³/mol. The molecule has 0 atom stereocenters. The van der Waals surface area contributed by atoms with E-state index in [-0.39, 0.29) is 5.91 Å². The van der Waals surface area contributed by atoms with Crippen LogP contribution in [0, 0.1) is 0 Å². The number of hydrogen-bond acceptors (Lipinski definition) is 6. The van der Waals surface area contributed by atoms with Crippen LogP contribution in [0.25, 0.3) is 33.2 Å². The molecule has 0 bridgehead atoms. The van der Waals surface area contributed by atoms with Crippen LogP contribution in [0.1, 0.15) is 21.5 Å². The van der Waals surface area contributed by atoms with Crippen LogP contribution in [0.4, 0.5) is 17.2 Å². The average Bonchev–Trinajstić information content (AvgIpc) is 3.37. The van der Waals surface area contributed by atoms with Crippen LogP contribution in [-0.2, 0) is 13.0 Å². The van der Waals surface area contributed by atoms with Gasteiger partial charge in [0.1, 0.15) is 23.3 Å². The van der Waals surface area contributed by atoms with Crippen molar-refractivity contribution in [1.82, 2.24) is 15.3 Å². The van der Waals surface area contributed by atoms with Crippen molar-refractivity contribution in [3.8, 4) is 11.3 Å². The number of benzene rings is 4. The van der Waals surface area contributed by atoms with Crippen molar-refractivity contribution in [2.24, 2.45) is 0 Å². The molecule has 190 valence electrons. The zero-order valence-electron chi connectivity index (χ0n) is 21.1. The molecule has 3 heterocycles.